The summed E-state index contributed by atoms with van der Waals surface area (Å²) < 4.78 is 0. The first-order chi connectivity index (χ1) is 11.5. The van der Waals surface area contributed by atoms with Gasteiger partial charge in [0.1, 0.15) is 0 Å². The van der Waals surface area contributed by atoms with Crippen molar-refractivity contribution in [2.24, 2.45) is 17.6 Å². The lowest BCUT2D eigenvalue weighted by atomic mass is 9.97. The Morgan fingerprint density at radius 2 is 1.46 bits per heavy atom. The molecule has 1 saturated heterocycles. The van der Waals surface area contributed by atoms with Gasteiger partial charge in [0.15, 0.2) is 0 Å². The molecule has 1 saturated carbocycles. The van der Waals surface area contributed by atoms with Crippen LogP contribution in [0.1, 0.15) is 25.7 Å². The van der Waals surface area contributed by atoms with Crippen LogP contribution in [-0.2, 0) is 9.59 Å². The predicted molar refractivity (Wildman–Crippen MR) is 90.3 cm³/mol. The highest BCUT2D eigenvalue weighted by Gasteiger charge is 2.29. The maximum Gasteiger partial charge on any atom is 0.314 e. The number of urea groups is 1. The van der Waals surface area contributed by atoms with Gasteiger partial charge < -0.3 is 21.3 Å². The van der Waals surface area contributed by atoms with Crippen LogP contribution in [0.4, 0.5) is 16.2 Å². The summed E-state index contributed by atoms with van der Waals surface area (Å²) in [5.74, 6) is -0.152. The van der Waals surface area contributed by atoms with Crippen LogP contribution >= 0.6 is 0 Å². The number of nitrogens with one attached hydrogen (secondary N) is 2. The molecule has 4 amide bonds. The van der Waals surface area contributed by atoms with Crippen molar-refractivity contribution in [1.82, 2.24) is 4.90 Å². The van der Waals surface area contributed by atoms with Crippen molar-refractivity contribution in [2.45, 2.75) is 25.7 Å². The van der Waals surface area contributed by atoms with E-state index in [0.29, 0.717) is 18.8 Å². The maximum atomic E-state index is 12.3. The molecule has 1 aromatic carbocycles. The molecule has 0 bridgehead atoms. The van der Waals surface area contributed by atoms with Gasteiger partial charge in [-0.25, -0.2) is 4.79 Å². The number of piperidine rings is 1. The molecule has 0 spiro atoms. The fraction of sp³-hybridized carbons (Fsp3) is 0.471. The summed E-state index contributed by atoms with van der Waals surface area (Å²) in [6.45, 7) is 0.963. The number of carbonyl (C=O) groups is 3. The van der Waals surface area contributed by atoms with Gasteiger partial charge in [-0.1, -0.05) is 0 Å². The van der Waals surface area contributed by atoms with E-state index in [1.54, 1.807) is 24.3 Å². The molecule has 0 aromatic heterocycles. The number of nitrogens with zero attached hydrogens (tertiary/aromatic N) is 1. The maximum absolute atomic E-state index is 12.3. The predicted octanol–water partition coefficient (Wildman–Crippen LogP) is 1.76. The molecule has 2 aliphatic rings. The molecule has 3 rings (SSSR count). The highest BCUT2D eigenvalue weighted by atomic mass is 16.2. The summed E-state index contributed by atoms with van der Waals surface area (Å²) in [5.41, 5.74) is 6.68. The number of benzene rings is 1. The number of carbonyl (C=O) groups excluding carboxylic acids is 3. The second kappa shape index (κ2) is 6.90. The topological polar surface area (TPSA) is 105 Å². The molecule has 0 radical (unpaired) electrons. The van der Waals surface area contributed by atoms with Gasteiger partial charge in [0.2, 0.25) is 11.8 Å². The van der Waals surface area contributed by atoms with Gasteiger partial charge in [0.05, 0.1) is 5.92 Å². The van der Waals surface area contributed by atoms with Gasteiger partial charge in [-0.3, -0.25) is 9.59 Å². The van der Waals surface area contributed by atoms with E-state index in [-0.39, 0.29) is 23.7 Å². The smallest absolute Gasteiger partial charge is 0.314 e. The number of anilines is 2. The Labute approximate surface area is 140 Å². The fourth-order valence-electron chi connectivity index (χ4n) is 2.86. The molecule has 1 aliphatic heterocycles. The van der Waals surface area contributed by atoms with Crippen molar-refractivity contribution < 1.29 is 14.4 Å². The van der Waals surface area contributed by atoms with Gasteiger partial charge in [-0.05, 0) is 49.9 Å². The van der Waals surface area contributed by atoms with Crippen molar-refractivity contribution in [1.29, 1.82) is 0 Å². The molecule has 1 atom stereocenters. The van der Waals surface area contributed by atoms with E-state index in [1.807, 2.05) is 0 Å². The average molecular weight is 330 g/mol. The van der Waals surface area contributed by atoms with Crippen molar-refractivity contribution in [3.05, 3.63) is 24.3 Å². The minimum Gasteiger partial charge on any atom is -0.351 e. The van der Waals surface area contributed by atoms with Crippen molar-refractivity contribution in [3.63, 3.8) is 0 Å². The molecule has 4 N–H and O–H groups in total. The lowest BCUT2D eigenvalue weighted by molar-refractivity contribution is -0.121. The number of likely N-dealkylation sites (tertiary alicyclic amines) is 1. The third-order valence-corrected chi connectivity index (χ3v) is 4.47. The van der Waals surface area contributed by atoms with E-state index in [4.69, 9.17) is 5.73 Å². The summed E-state index contributed by atoms with van der Waals surface area (Å²) >= 11 is 0. The van der Waals surface area contributed by atoms with Gasteiger partial charge >= 0.3 is 6.03 Å². The van der Waals surface area contributed by atoms with Crippen LogP contribution in [-0.4, -0.2) is 35.8 Å². The number of primary amides is 1. The van der Waals surface area contributed by atoms with Crippen molar-refractivity contribution in [2.75, 3.05) is 23.7 Å². The third kappa shape index (κ3) is 4.04. The van der Waals surface area contributed by atoms with Crippen molar-refractivity contribution >= 4 is 29.2 Å². The molecule has 128 valence electrons. The zero-order valence-electron chi connectivity index (χ0n) is 13.5. The molecular weight excluding hydrogens is 308 g/mol. The van der Waals surface area contributed by atoms with Crippen LogP contribution in [0.5, 0.6) is 0 Å². The van der Waals surface area contributed by atoms with Gasteiger partial charge in [0, 0.05) is 30.4 Å². The highest BCUT2D eigenvalue weighted by molar-refractivity contribution is 5.95. The third-order valence-electron chi connectivity index (χ3n) is 4.47. The molecule has 1 aromatic rings. The fourth-order valence-corrected chi connectivity index (χ4v) is 2.86. The van der Waals surface area contributed by atoms with Gasteiger partial charge in [0.25, 0.3) is 0 Å². The molecule has 24 heavy (non-hydrogen) atoms. The summed E-state index contributed by atoms with van der Waals surface area (Å²) in [6, 6.07) is 6.58. The number of amides is 4. The van der Waals surface area contributed by atoms with Crippen LogP contribution in [0.3, 0.4) is 0 Å². The number of hydrogen-bond donors (Lipinski definition) is 3. The number of nitrogens with two attached hydrogens (primary N) is 1. The van der Waals surface area contributed by atoms with Gasteiger partial charge in [-0.2, -0.15) is 0 Å². The zero-order valence-corrected chi connectivity index (χ0v) is 13.5. The second-order valence-electron chi connectivity index (χ2n) is 6.45. The Morgan fingerprint density at radius 3 is 1.96 bits per heavy atom. The van der Waals surface area contributed by atoms with E-state index >= 15 is 0 Å². The molecule has 2 fully saturated rings. The number of rotatable bonds is 4. The molecule has 1 aliphatic carbocycles. The molecule has 0 unspecified atom stereocenters. The van der Waals surface area contributed by atoms with Crippen molar-refractivity contribution in [3.8, 4) is 0 Å². The van der Waals surface area contributed by atoms with E-state index < -0.39 is 6.03 Å². The van der Waals surface area contributed by atoms with Gasteiger partial charge in [-0.15, -0.1) is 0 Å². The van der Waals surface area contributed by atoms with Crippen LogP contribution in [0, 0.1) is 11.8 Å². The SMILES string of the molecule is NC(=O)N1CCC[C@@H](C(=O)Nc2ccc(NC(=O)C3CC3)cc2)C1. The molecule has 7 heteroatoms. The molecular formula is C17H22N4O3. The first-order valence-electron chi connectivity index (χ1n) is 8.29. The van der Waals surface area contributed by atoms with E-state index in [2.05, 4.69) is 10.6 Å². The number of hydrogen-bond acceptors (Lipinski definition) is 3. The summed E-state index contributed by atoms with van der Waals surface area (Å²) in [7, 11) is 0. The minimum absolute atomic E-state index is 0.0561. The van der Waals surface area contributed by atoms with Crippen LogP contribution in [0.25, 0.3) is 0 Å². The van der Waals surface area contributed by atoms with Crippen LogP contribution in [0.15, 0.2) is 24.3 Å². The summed E-state index contributed by atoms with van der Waals surface area (Å²) in [5, 5.41) is 5.71. The largest absolute Gasteiger partial charge is 0.351 e. The zero-order chi connectivity index (χ0) is 17.1. The van der Waals surface area contributed by atoms with Crippen LogP contribution in [0.2, 0.25) is 0 Å². The van der Waals surface area contributed by atoms with E-state index in [0.717, 1.165) is 31.4 Å². The standard InChI is InChI=1S/C17H22N4O3/c18-17(24)21-9-1-2-12(10-21)16(23)20-14-7-5-13(6-8-14)19-15(22)11-3-4-11/h5-8,11-12H,1-4,9-10H2,(H2,18,24)(H,19,22)(H,20,23)/t12-/m1/s1. The Kier molecular flexibility index (Phi) is 4.69. The monoisotopic (exact) mass is 330 g/mol. The minimum atomic E-state index is -0.483. The van der Waals surface area contributed by atoms with E-state index in [1.165, 1.54) is 4.90 Å². The summed E-state index contributed by atoms with van der Waals surface area (Å²) in [4.78, 5) is 36.8. The first kappa shape index (κ1) is 16.3. The highest BCUT2D eigenvalue weighted by Crippen LogP contribution is 2.30. The summed E-state index contributed by atoms with van der Waals surface area (Å²) in [6.07, 6.45) is 3.44. The lowest BCUT2D eigenvalue weighted by Gasteiger charge is -2.30. The Morgan fingerprint density at radius 1 is 0.917 bits per heavy atom. The first-order valence-corrected chi connectivity index (χ1v) is 8.29. The average Bonchev–Trinajstić information content (AvgIpc) is 3.41. The molecule has 7 nitrogen and oxygen atoms in total. The van der Waals surface area contributed by atoms with E-state index in [9.17, 15) is 14.4 Å². The Hall–Kier alpha value is -2.57. The quantitative estimate of drug-likeness (QED) is 0.783. The normalized spacial score (nSPS) is 20.3. The Balaban J connectivity index is 1.54. The second-order valence-corrected chi connectivity index (χ2v) is 6.45. The molecule has 1 heterocycles. The lowest BCUT2D eigenvalue weighted by Crippen LogP contribution is -2.46. The van der Waals surface area contributed by atoms with Crippen LogP contribution < -0.4 is 16.4 Å². The Bertz CT molecular complexity index is 640.